The number of anilines is 1. The predicted octanol–water partition coefficient (Wildman–Crippen LogP) is 2.23. The molecule has 1 unspecified atom stereocenters. The number of rotatable bonds is 5. The van der Waals surface area contributed by atoms with Crippen LogP contribution in [0.2, 0.25) is 0 Å². The molecule has 21 heavy (non-hydrogen) atoms. The molecule has 0 aromatic carbocycles. The fourth-order valence-electron chi connectivity index (χ4n) is 2.69. The van der Waals surface area contributed by atoms with Crippen molar-refractivity contribution in [1.82, 2.24) is 15.2 Å². The lowest BCUT2D eigenvalue weighted by molar-refractivity contribution is 0.216. The molecule has 1 aliphatic rings. The Balaban J connectivity index is 1.72. The van der Waals surface area contributed by atoms with Crippen LogP contribution in [0.4, 0.5) is 5.82 Å². The van der Waals surface area contributed by atoms with E-state index < -0.39 is 0 Å². The molecule has 0 aliphatic carbocycles. The van der Waals surface area contributed by atoms with Crippen molar-refractivity contribution in [2.45, 2.75) is 33.2 Å². The monoisotopic (exact) mass is 290 g/mol. The maximum atomic E-state index is 4.44. The van der Waals surface area contributed by atoms with Crippen molar-refractivity contribution in [2.75, 3.05) is 44.2 Å². The van der Waals surface area contributed by atoms with Gasteiger partial charge in [-0.2, -0.15) is 0 Å². The Morgan fingerprint density at radius 1 is 1.19 bits per heavy atom. The van der Waals surface area contributed by atoms with E-state index in [0.717, 1.165) is 38.5 Å². The lowest BCUT2D eigenvalue weighted by Gasteiger charge is -2.37. The normalized spacial score (nSPS) is 18.8. The van der Waals surface area contributed by atoms with Gasteiger partial charge in [0.2, 0.25) is 0 Å². The Bertz CT molecular complexity index is 405. The van der Waals surface area contributed by atoms with E-state index in [0.29, 0.717) is 5.92 Å². The fraction of sp³-hybridized carbons (Fsp3) is 0.706. The molecule has 1 aromatic heterocycles. The number of nitrogens with one attached hydrogen (secondary N) is 1. The van der Waals surface area contributed by atoms with Gasteiger partial charge in [-0.3, -0.25) is 4.90 Å². The van der Waals surface area contributed by atoms with Crippen LogP contribution in [0.1, 0.15) is 27.7 Å². The Morgan fingerprint density at radius 3 is 2.48 bits per heavy atom. The first-order valence-electron chi connectivity index (χ1n) is 8.07. The van der Waals surface area contributed by atoms with E-state index in [1.807, 2.05) is 12.3 Å². The zero-order valence-electron chi connectivity index (χ0n) is 14.0. The molecule has 4 heteroatoms. The summed E-state index contributed by atoms with van der Waals surface area (Å²) in [6, 6.07) is 6.14. The average Bonchev–Trinajstić information content (AvgIpc) is 2.46. The zero-order valence-corrected chi connectivity index (χ0v) is 14.0. The highest BCUT2D eigenvalue weighted by molar-refractivity contribution is 5.38. The molecule has 0 saturated carbocycles. The van der Waals surface area contributed by atoms with Crippen molar-refractivity contribution in [2.24, 2.45) is 5.92 Å². The second kappa shape index (κ2) is 7.23. The van der Waals surface area contributed by atoms with E-state index in [1.165, 1.54) is 6.54 Å². The number of piperazine rings is 1. The van der Waals surface area contributed by atoms with Gasteiger partial charge in [0.15, 0.2) is 0 Å². The molecule has 118 valence electrons. The van der Waals surface area contributed by atoms with E-state index in [2.05, 4.69) is 59.9 Å². The summed E-state index contributed by atoms with van der Waals surface area (Å²) < 4.78 is 0. The van der Waals surface area contributed by atoms with Crippen LogP contribution >= 0.6 is 0 Å². The van der Waals surface area contributed by atoms with E-state index in [4.69, 9.17) is 0 Å². The van der Waals surface area contributed by atoms with Crippen LogP contribution < -0.4 is 10.2 Å². The van der Waals surface area contributed by atoms with Crippen molar-refractivity contribution < 1.29 is 0 Å². The zero-order chi connectivity index (χ0) is 15.3. The molecule has 1 atom stereocenters. The number of hydrogen-bond acceptors (Lipinski definition) is 4. The molecule has 1 aromatic rings. The Hall–Kier alpha value is -1.13. The lowest BCUT2D eigenvalue weighted by Crippen LogP contribution is -2.49. The van der Waals surface area contributed by atoms with Crippen molar-refractivity contribution in [3.63, 3.8) is 0 Å². The third kappa shape index (κ3) is 5.64. The first-order valence-corrected chi connectivity index (χ1v) is 8.07. The topological polar surface area (TPSA) is 31.4 Å². The number of nitrogens with zero attached hydrogens (tertiary/aromatic N) is 3. The second-order valence-corrected chi connectivity index (χ2v) is 7.21. The van der Waals surface area contributed by atoms with Gasteiger partial charge in [-0.05, 0) is 45.4 Å². The fourth-order valence-corrected chi connectivity index (χ4v) is 2.69. The first-order chi connectivity index (χ1) is 9.94. The van der Waals surface area contributed by atoms with Gasteiger partial charge in [0, 0.05) is 44.5 Å². The molecule has 1 N–H and O–H groups in total. The Labute approximate surface area is 129 Å². The maximum absolute atomic E-state index is 4.44. The predicted molar refractivity (Wildman–Crippen MR) is 89.8 cm³/mol. The Kier molecular flexibility index (Phi) is 5.59. The summed E-state index contributed by atoms with van der Waals surface area (Å²) in [5, 5.41) is 3.60. The van der Waals surface area contributed by atoms with Gasteiger partial charge in [-0.1, -0.05) is 13.0 Å². The van der Waals surface area contributed by atoms with Crippen LogP contribution in [-0.4, -0.2) is 54.7 Å². The highest BCUT2D eigenvalue weighted by atomic mass is 15.3. The summed E-state index contributed by atoms with van der Waals surface area (Å²) in [7, 11) is 0. The minimum Gasteiger partial charge on any atom is -0.354 e. The van der Waals surface area contributed by atoms with Gasteiger partial charge in [-0.25, -0.2) is 4.98 Å². The summed E-state index contributed by atoms with van der Waals surface area (Å²) in [5.41, 5.74) is 0.214. The van der Waals surface area contributed by atoms with Gasteiger partial charge >= 0.3 is 0 Å². The van der Waals surface area contributed by atoms with Gasteiger partial charge in [0.05, 0.1) is 0 Å². The van der Waals surface area contributed by atoms with E-state index in [9.17, 15) is 0 Å². The molecule has 1 fully saturated rings. The number of pyridine rings is 1. The van der Waals surface area contributed by atoms with Gasteiger partial charge in [0.25, 0.3) is 0 Å². The highest BCUT2D eigenvalue weighted by Crippen LogP contribution is 2.13. The molecule has 0 radical (unpaired) electrons. The number of aromatic nitrogens is 1. The first kappa shape index (κ1) is 16.2. The minimum atomic E-state index is 0.214. The average molecular weight is 290 g/mol. The molecular weight excluding hydrogens is 260 g/mol. The molecule has 4 nitrogen and oxygen atoms in total. The summed E-state index contributed by atoms with van der Waals surface area (Å²) in [4.78, 5) is 9.40. The molecule has 1 saturated heterocycles. The molecule has 2 heterocycles. The SMILES string of the molecule is CC(CNC(C)(C)C)CN1CCN(c2ccccn2)CC1. The number of hydrogen-bond donors (Lipinski definition) is 1. The van der Waals surface area contributed by atoms with Crippen LogP contribution in [0.3, 0.4) is 0 Å². The summed E-state index contributed by atoms with van der Waals surface area (Å²) in [5.74, 6) is 1.80. The van der Waals surface area contributed by atoms with Crippen LogP contribution in [0.5, 0.6) is 0 Å². The van der Waals surface area contributed by atoms with Gasteiger partial charge in [0.1, 0.15) is 5.82 Å². The molecule has 0 amide bonds. The quantitative estimate of drug-likeness (QED) is 0.901. The second-order valence-electron chi connectivity index (χ2n) is 7.21. The van der Waals surface area contributed by atoms with Crippen LogP contribution in [0, 0.1) is 5.92 Å². The largest absolute Gasteiger partial charge is 0.354 e. The van der Waals surface area contributed by atoms with Crippen molar-refractivity contribution in [3.8, 4) is 0 Å². The summed E-state index contributed by atoms with van der Waals surface area (Å²) in [6.45, 7) is 15.7. The van der Waals surface area contributed by atoms with E-state index in [-0.39, 0.29) is 5.54 Å². The molecule has 2 rings (SSSR count). The van der Waals surface area contributed by atoms with Crippen LogP contribution in [0.25, 0.3) is 0 Å². The minimum absolute atomic E-state index is 0.214. The van der Waals surface area contributed by atoms with Crippen LogP contribution in [0.15, 0.2) is 24.4 Å². The maximum Gasteiger partial charge on any atom is 0.128 e. The van der Waals surface area contributed by atoms with E-state index in [1.54, 1.807) is 0 Å². The van der Waals surface area contributed by atoms with Crippen molar-refractivity contribution >= 4 is 5.82 Å². The smallest absolute Gasteiger partial charge is 0.128 e. The van der Waals surface area contributed by atoms with Gasteiger partial charge < -0.3 is 10.2 Å². The van der Waals surface area contributed by atoms with Crippen molar-refractivity contribution in [1.29, 1.82) is 0 Å². The summed E-state index contributed by atoms with van der Waals surface area (Å²) in [6.07, 6.45) is 1.88. The highest BCUT2D eigenvalue weighted by Gasteiger charge is 2.20. The van der Waals surface area contributed by atoms with Crippen LogP contribution in [-0.2, 0) is 0 Å². The Morgan fingerprint density at radius 2 is 1.90 bits per heavy atom. The molecular formula is C17H30N4. The van der Waals surface area contributed by atoms with E-state index >= 15 is 0 Å². The third-order valence-electron chi connectivity index (χ3n) is 3.90. The van der Waals surface area contributed by atoms with Gasteiger partial charge in [-0.15, -0.1) is 0 Å². The molecule has 0 bridgehead atoms. The standard InChI is InChI=1S/C17H30N4/c1-15(13-19-17(2,3)4)14-20-9-11-21(12-10-20)16-7-5-6-8-18-16/h5-8,15,19H,9-14H2,1-4H3. The summed E-state index contributed by atoms with van der Waals surface area (Å²) >= 11 is 0. The molecule has 1 aliphatic heterocycles. The third-order valence-corrected chi connectivity index (χ3v) is 3.90. The lowest BCUT2D eigenvalue weighted by atomic mass is 10.1. The van der Waals surface area contributed by atoms with Crippen molar-refractivity contribution in [3.05, 3.63) is 24.4 Å². The molecule has 0 spiro atoms.